The van der Waals surface area contributed by atoms with Gasteiger partial charge in [-0.3, -0.25) is 0 Å². The maximum Gasteiger partial charge on any atom is 0.164 e. The lowest BCUT2D eigenvalue weighted by molar-refractivity contribution is 1.07. The Morgan fingerprint density at radius 1 is 0.204 bits per heavy atom. The molecule has 1 heterocycles. The van der Waals surface area contributed by atoms with Crippen molar-refractivity contribution in [3.05, 3.63) is 200 Å². The third-order valence-electron chi connectivity index (χ3n) is 10.3. The summed E-state index contributed by atoms with van der Waals surface area (Å²) in [5.41, 5.74) is 9.76. The van der Waals surface area contributed by atoms with Crippen LogP contribution in [0.3, 0.4) is 0 Å². The molecule has 0 bridgehead atoms. The molecule has 0 unspecified atom stereocenters. The Morgan fingerprint density at radius 3 is 1.19 bits per heavy atom. The van der Waals surface area contributed by atoms with E-state index in [4.69, 9.17) is 15.0 Å². The number of rotatable bonds is 6. The second-order valence-corrected chi connectivity index (χ2v) is 13.7. The van der Waals surface area contributed by atoms with Gasteiger partial charge >= 0.3 is 0 Å². The summed E-state index contributed by atoms with van der Waals surface area (Å²) in [6, 6.07) is 70.7. The first kappa shape index (κ1) is 31.5. The molecule has 9 aromatic carbocycles. The van der Waals surface area contributed by atoms with Crippen LogP contribution in [0.1, 0.15) is 0 Å². The van der Waals surface area contributed by atoms with Crippen LogP contribution < -0.4 is 0 Å². The normalized spacial score (nSPS) is 11.3. The summed E-state index contributed by atoms with van der Waals surface area (Å²) in [6.45, 7) is 0. The smallest absolute Gasteiger partial charge is 0.164 e. The Bertz CT molecular complexity index is 2990. The zero-order chi connectivity index (χ0) is 35.8. The van der Waals surface area contributed by atoms with Gasteiger partial charge in [0.1, 0.15) is 0 Å². The van der Waals surface area contributed by atoms with Crippen molar-refractivity contribution in [2.24, 2.45) is 0 Å². The van der Waals surface area contributed by atoms with Crippen LogP contribution in [0.15, 0.2) is 200 Å². The van der Waals surface area contributed by atoms with E-state index in [0.717, 1.165) is 44.3 Å². The molecule has 3 nitrogen and oxygen atoms in total. The highest BCUT2D eigenvalue weighted by molar-refractivity contribution is 6.08. The minimum Gasteiger partial charge on any atom is -0.208 e. The summed E-state index contributed by atoms with van der Waals surface area (Å²) >= 11 is 0. The molecule has 0 saturated carbocycles. The van der Waals surface area contributed by atoms with Crippen molar-refractivity contribution in [2.45, 2.75) is 0 Å². The molecule has 0 radical (unpaired) electrons. The third-order valence-corrected chi connectivity index (χ3v) is 10.3. The summed E-state index contributed by atoms with van der Waals surface area (Å²) in [4.78, 5) is 15.4. The molecule has 10 rings (SSSR count). The van der Waals surface area contributed by atoms with Crippen molar-refractivity contribution in [3.8, 4) is 67.5 Å². The van der Waals surface area contributed by atoms with Crippen LogP contribution in [0.25, 0.3) is 99.9 Å². The largest absolute Gasteiger partial charge is 0.208 e. The number of hydrogen-bond acceptors (Lipinski definition) is 3. The summed E-state index contributed by atoms with van der Waals surface area (Å²) in [5.74, 6) is 1.91. The van der Waals surface area contributed by atoms with Gasteiger partial charge in [-0.2, -0.15) is 0 Å². The van der Waals surface area contributed by atoms with Crippen molar-refractivity contribution in [1.82, 2.24) is 15.0 Å². The van der Waals surface area contributed by atoms with Crippen LogP contribution >= 0.6 is 0 Å². The lowest BCUT2D eigenvalue weighted by Crippen LogP contribution is -2.00. The van der Waals surface area contributed by atoms with E-state index in [1.165, 1.54) is 38.1 Å². The Hall–Kier alpha value is -7.23. The Balaban J connectivity index is 1.08. The van der Waals surface area contributed by atoms with E-state index >= 15 is 0 Å². The summed E-state index contributed by atoms with van der Waals surface area (Å²) in [5, 5.41) is 7.23. The first-order chi connectivity index (χ1) is 26.7. The zero-order valence-electron chi connectivity index (χ0n) is 29.4. The predicted octanol–water partition coefficient (Wildman–Crippen LogP) is 13.3. The maximum atomic E-state index is 5.15. The monoisotopic (exact) mass is 687 g/mol. The van der Waals surface area contributed by atoms with Gasteiger partial charge in [-0.1, -0.05) is 170 Å². The molecule has 0 N–H and O–H groups in total. The first-order valence-corrected chi connectivity index (χ1v) is 18.3. The molecule has 10 aromatic rings. The fourth-order valence-corrected chi connectivity index (χ4v) is 7.46. The number of aromatic nitrogens is 3. The highest BCUT2D eigenvalue weighted by atomic mass is 15.0. The van der Waals surface area contributed by atoms with Crippen LogP contribution in [0.4, 0.5) is 0 Å². The van der Waals surface area contributed by atoms with Gasteiger partial charge in [0.2, 0.25) is 0 Å². The molecule has 3 heteroatoms. The summed E-state index contributed by atoms with van der Waals surface area (Å²) in [7, 11) is 0. The van der Waals surface area contributed by atoms with E-state index in [9.17, 15) is 0 Å². The van der Waals surface area contributed by atoms with Crippen LogP contribution in [-0.2, 0) is 0 Å². The van der Waals surface area contributed by atoms with Crippen LogP contribution in [0, 0.1) is 0 Å². The van der Waals surface area contributed by atoms with Crippen molar-refractivity contribution < 1.29 is 0 Å². The molecule has 0 aliphatic heterocycles. The average Bonchev–Trinajstić information content (AvgIpc) is 3.26. The molecule has 0 saturated heterocycles. The topological polar surface area (TPSA) is 38.7 Å². The van der Waals surface area contributed by atoms with Crippen molar-refractivity contribution >= 4 is 32.3 Å². The number of nitrogens with zero attached hydrogens (tertiary/aromatic N) is 3. The standard InChI is InChI=1S/C51H33N3/c1-3-11-34(12-4-1)37-16-9-18-44(31-37)49-52-50(54-51(53-49)46-27-28-48-43(33-46)26-21-36-15-7-8-20-47(36)48)45-19-10-17-38(32-45)40-24-25-41-29-39(22-23-42(41)30-40)35-13-5-2-6-14-35/h1-33H. The second-order valence-electron chi connectivity index (χ2n) is 13.7. The third kappa shape index (κ3) is 5.98. The fraction of sp³-hybridized carbons (Fsp3) is 0. The second kappa shape index (κ2) is 13.4. The molecule has 0 spiro atoms. The minimum atomic E-state index is 0.633. The molecule has 0 aliphatic carbocycles. The molecule has 0 aliphatic rings. The SMILES string of the molecule is c1ccc(-c2cccc(-c3nc(-c4cccc(-c5ccc6cc(-c7ccccc7)ccc6c5)c4)nc(-c4ccc5c(ccc6ccccc65)c4)n3)c2)cc1. The van der Waals surface area contributed by atoms with Crippen LogP contribution in [0.5, 0.6) is 0 Å². The molecule has 0 amide bonds. The van der Waals surface area contributed by atoms with Gasteiger partial charge in [0.15, 0.2) is 17.5 Å². The Labute approximate surface area is 313 Å². The highest BCUT2D eigenvalue weighted by Crippen LogP contribution is 2.34. The van der Waals surface area contributed by atoms with E-state index in [2.05, 4.69) is 194 Å². The molecular formula is C51H33N3. The predicted molar refractivity (Wildman–Crippen MR) is 225 cm³/mol. The van der Waals surface area contributed by atoms with Crippen molar-refractivity contribution in [3.63, 3.8) is 0 Å². The molecule has 252 valence electrons. The minimum absolute atomic E-state index is 0.633. The molecule has 1 aromatic heterocycles. The Morgan fingerprint density at radius 2 is 0.574 bits per heavy atom. The first-order valence-electron chi connectivity index (χ1n) is 18.3. The average molecular weight is 688 g/mol. The molecule has 0 fully saturated rings. The zero-order valence-corrected chi connectivity index (χ0v) is 29.4. The van der Waals surface area contributed by atoms with Gasteiger partial charge in [0.05, 0.1) is 0 Å². The van der Waals surface area contributed by atoms with Gasteiger partial charge < -0.3 is 0 Å². The lowest BCUT2D eigenvalue weighted by atomic mass is 9.97. The molecular weight excluding hydrogens is 655 g/mol. The van der Waals surface area contributed by atoms with Crippen molar-refractivity contribution in [2.75, 3.05) is 0 Å². The van der Waals surface area contributed by atoms with E-state index in [0.29, 0.717) is 17.5 Å². The highest BCUT2D eigenvalue weighted by Gasteiger charge is 2.15. The molecule has 0 atom stereocenters. The van der Waals surface area contributed by atoms with Gasteiger partial charge in [0, 0.05) is 16.7 Å². The van der Waals surface area contributed by atoms with Gasteiger partial charge in [0.25, 0.3) is 0 Å². The fourth-order valence-electron chi connectivity index (χ4n) is 7.46. The van der Waals surface area contributed by atoms with E-state index in [1.54, 1.807) is 0 Å². The Kier molecular flexibility index (Phi) is 7.81. The summed E-state index contributed by atoms with van der Waals surface area (Å²) in [6.07, 6.45) is 0. The van der Waals surface area contributed by atoms with Gasteiger partial charge in [-0.05, 0) is 96.0 Å². The number of fused-ring (bicyclic) bond motifs is 4. The van der Waals surface area contributed by atoms with E-state index < -0.39 is 0 Å². The van der Waals surface area contributed by atoms with Crippen LogP contribution in [-0.4, -0.2) is 15.0 Å². The van der Waals surface area contributed by atoms with Gasteiger partial charge in [-0.15, -0.1) is 0 Å². The van der Waals surface area contributed by atoms with Crippen molar-refractivity contribution in [1.29, 1.82) is 0 Å². The summed E-state index contributed by atoms with van der Waals surface area (Å²) < 4.78 is 0. The quantitative estimate of drug-likeness (QED) is 0.163. The maximum absolute atomic E-state index is 5.15. The van der Waals surface area contributed by atoms with E-state index in [1.807, 2.05) is 6.07 Å². The molecule has 54 heavy (non-hydrogen) atoms. The van der Waals surface area contributed by atoms with Gasteiger partial charge in [-0.25, -0.2) is 15.0 Å². The number of hydrogen-bond donors (Lipinski definition) is 0. The van der Waals surface area contributed by atoms with Crippen LogP contribution in [0.2, 0.25) is 0 Å². The lowest BCUT2D eigenvalue weighted by Gasteiger charge is -2.12. The van der Waals surface area contributed by atoms with E-state index in [-0.39, 0.29) is 0 Å². The number of benzene rings is 9.